The Kier molecular flexibility index (Phi) is 5.00. The van der Waals surface area contributed by atoms with Crippen molar-refractivity contribution < 1.29 is 9.59 Å². The van der Waals surface area contributed by atoms with Gasteiger partial charge in [0, 0.05) is 19.6 Å². The number of carbonyl (C=O) groups is 2. The quantitative estimate of drug-likeness (QED) is 0.694. The van der Waals surface area contributed by atoms with Crippen LogP contribution in [-0.2, 0) is 4.79 Å². The van der Waals surface area contributed by atoms with Gasteiger partial charge in [0.2, 0.25) is 5.91 Å². The lowest BCUT2D eigenvalue weighted by atomic mass is 10.4. The fourth-order valence-electron chi connectivity index (χ4n) is 1.75. The minimum Gasteiger partial charge on any atom is -0.382 e. The molecule has 1 fully saturated rings. The number of nitrogens with one attached hydrogen (secondary N) is 2. The summed E-state index contributed by atoms with van der Waals surface area (Å²) in [5, 5.41) is 6.58. The Morgan fingerprint density at radius 3 is 2.81 bits per heavy atom. The summed E-state index contributed by atoms with van der Waals surface area (Å²) >= 11 is 1.22. The van der Waals surface area contributed by atoms with Gasteiger partial charge >= 0.3 is 0 Å². The molecule has 2 rings (SSSR count). The van der Waals surface area contributed by atoms with Crippen LogP contribution in [-0.4, -0.2) is 47.9 Å². The van der Waals surface area contributed by atoms with Gasteiger partial charge in [0.05, 0.1) is 6.54 Å². The van der Waals surface area contributed by atoms with Crippen molar-refractivity contribution in [2.24, 2.45) is 0 Å². The standard InChI is InChI=1S/C13H21N5O2S/c1-3-6-15-13-17-11(14)10(21-13)12(20)18(2)7-9(19)16-8-4-5-8/h8H,3-7,14H2,1-2H3,(H,15,17)(H,16,19). The zero-order valence-corrected chi connectivity index (χ0v) is 13.1. The van der Waals surface area contributed by atoms with Gasteiger partial charge in [-0.3, -0.25) is 9.59 Å². The van der Waals surface area contributed by atoms with Crippen LogP contribution in [0, 0.1) is 0 Å². The van der Waals surface area contributed by atoms with Gasteiger partial charge in [-0.15, -0.1) is 0 Å². The number of nitrogens with zero attached hydrogens (tertiary/aromatic N) is 2. The van der Waals surface area contributed by atoms with Gasteiger partial charge < -0.3 is 21.3 Å². The third-order valence-electron chi connectivity index (χ3n) is 3.04. The zero-order valence-electron chi connectivity index (χ0n) is 12.3. The second-order valence-corrected chi connectivity index (χ2v) is 6.16. The average molecular weight is 311 g/mol. The summed E-state index contributed by atoms with van der Waals surface area (Å²) in [6.45, 7) is 2.85. The molecule has 21 heavy (non-hydrogen) atoms. The number of likely N-dealkylation sites (N-methyl/N-ethyl adjacent to an activating group) is 1. The number of rotatable bonds is 7. The Morgan fingerprint density at radius 1 is 1.48 bits per heavy atom. The van der Waals surface area contributed by atoms with E-state index < -0.39 is 0 Å². The number of nitrogens with two attached hydrogens (primary N) is 1. The minimum atomic E-state index is -0.277. The van der Waals surface area contributed by atoms with Gasteiger partial charge in [-0.05, 0) is 19.3 Å². The summed E-state index contributed by atoms with van der Waals surface area (Å²) in [6.07, 6.45) is 3.01. The van der Waals surface area contributed by atoms with Gasteiger partial charge in [-0.2, -0.15) is 0 Å². The predicted octanol–water partition coefficient (Wildman–Crippen LogP) is 0.898. The highest BCUT2D eigenvalue weighted by molar-refractivity contribution is 7.18. The molecule has 1 aromatic heterocycles. The van der Waals surface area contributed by atoms with Crippen LogP contribution in [0.25, 0.3) is 0 Å². The van der Waals surface area contributed by atoms with Crippen molar-refractivity contribution in [2.75, 3.05) is 31.2 Å². The second-order valence-electron chi connectivity index (χ2n) is 5.16. The Balaban J connectivity index is 1.94. The molecule has 8 heteroatoms. The summed E-state index contributed by atoms with van der Waals surface area (Å²) in [5.74, 6) is -0.209. The fourth-order valence-corrected chi connectivity index (χ4v) is 2.66. The van der Waals surface area contributed by atoms with Crippen LogP contribution in [0.1, 0.15) is 35.9 Å². The van der Waals surface area contributed by atoms with Crippen molar-refractivity contribution >= 4 is 34.1 Å². The van der Waals surface area contributed by atoms with E-state index in [4.69, 9.17) is 5.73 Å². The molecule has 1 heterocycles. The highest BCUT2D eigenvalue weighted by atomic mass is 32.1. The van der Waals surface area contributed by atoms with Crippen molar-refractivity contribution in [3.63, 3.8) is 0 Å². The number of nitrogen functional groups attached to an aromatic ring is 1. The van der Waals surface area contributed by atoms with E-state index in [2.05, 4.69) is 15.6 Å². The average Bonchev–Trinajstić information content (AvgIpc) is 3.16. The SMILES string of the molecule is CCCNc1nc(N)c(C(=O)N(C)CC(=O)NC2CC2)s1. The van der Waals surface area contributed by atoms with E-state index in [1.807, 2.05) is 6.92 Å². The third kappa shape index (κ3) is 4.32. The first-order valence-corrected chi connectivity index (χ1v) is 7.88. The van der Waals surface area contributed by atoms with Crippen LogP contribution in [0.4, 0.5) is 10.9 Å². The summed E-state index contributed by atoms with van der Waals surface area (Å²) in [5.41, 5.74) is 5.78. The minimum absolute atomic E-state index is 0.0321. The molecule has 0 spiro atoms. The highest BCUT2D eigenvalue weighted by Crippen LogP contribution is 2.26. The van der Waals surface area contributed by atoms with Crippen LogP contribution in [0.15, 0.2) is 0 Å². The van der Waals surface area contributed by atoms with Crippen LogP contribution in [0.3, 0.4) is 0 Å². The van der Waals surface area contributed by atoms with Crippen LogP contribution in [0.5, 0.6) is 0 Å². The van der Waals surface area contributed by atoms with Gasteiger partial charge in [-0.25, -0.2) is 4.98 Å². The van der Waals surface area contributed by atoms with Crippen molar-refractivity contribution in [1.29, 1.82) is 0 Å². The number of aromatic nitrogens is 1. The lowest BCUT2D eigenvalue weighted by molar-refractivity contribution is -0.121. The molecule has 0 aromatic carbocycles. The number of hydrogen-bond acceptors (Lipinski definition) is 6. The van der Waals surface area contributed by atoms with E-state index in [1.165, 1.54) is 16.2 Å². The molecular weight excluding hydrogens is 290 g/mol. The van der Waals surface area contributed by atoms with Crippen molar-refractivity contribution in [1.82, 2.24) is 15.2 Å². The van der Waals surface area contributed by atoms with Crippen LogP contribution < -0.4 is 16.4 Å². The van der Waals surface area contributed by atoms with Gasteiger partial charge in [0.1, 0.15) is 10.7 Å². The number of thiazole rings is 1. The fraction of sp³-hybridized carbons (Fsp3) is 0.615. The molecule has 0 aliphatic heterocycles. The summed E-state index contributed by atoms with van der Waals surface area (Å²) in [7, 11) is 1.59. The first kappa shape index (κ1) is 15.6. The molecule has 1 saturated carbocycles. The van der Waals surface area contributed by atoms with E-state index in [0.29, 0.717) is 16.1 Å². The maximum absolute atomic E-state index is 12.3. The molecule has 0 bridgehead atoms. The third-order valence-corrected chi connectivity index (χ3v) is 4.06. The smallest absolute Gasteiger partial charge is 0.268 e. The molecule has 1 aliphatic rings. The van der Waals surface area contributed by atoms with E-state index in [0.717, 1.165) is 25.8 Å². The number of carbonyl (C=O) groups excluding carboxylic acids is 2. The molecule has 0 saturated heterocycles. The lowest BCUT2D eigenvalue weighted by Gasteiger charge is -2.15. The van der Waals surface area contributed by atoms with E-state index >= 15 is 0 Å². The highest BCUT2D eigenvalue weighted by Gasteiger charge is 2.25. The molecular formula is C13H21N5O2S. The van der Waals surface area contributed by atoms with E-state index in [1.54, 1.807) is 7.05 Å². The van der Waals surface area contributed by atoms with Gasteiger partial charge in [0.25, 0.3) is 5.91 Å². The lowest BCUT2D eigenvalue weighted by Crippen LogP contribution is -2.39. The summed E-state index contributed by atoms with van der Waals surface area (Å²) in [6, 6.07) is 0.291. The van der Waals surface area contributed by atoms with Gasteiger partial charge in [-0.1, -0.05) is 18.3 Å². The normalized spacial score (nSPS) is 13.8. The Morgan fingerprint density at radius 2 is 2.19 bits per heavy atom. The zero-order chi connectivity index (χ0) is 15.4. The molecule has 0 unspecified atom stereocenters. The van der Waals surface area contributed by atoms with Crippen molar-refractivity contribution in [3.8, 4) is 0 Å². The van der Waals surface area contributed by atoms with Crippen molar-refractivity contribution in [3.05, 3.63) is 4.88 Å². The van der Waals surface area contributed by atoms with Crippen LogP contribution >= 0.6 is 11.3 Å². The van der Waals surface area contributed by atoms with Gasteiger partial charge in [0.15, 0.2) is 5.13 Å². The topological polar surface area (TPSA) is 100 Å². The first-order chi connectivity index (χ1) is 10.0. The molecule has 0 radical (unpaired) electrons. The Hall–Kier alpha value is -1.83. The molecule has 1 aliphatic carbocycles. The molecule has 7 nitrogen and oxygen atoms in total. The largest absolute Gasteiger partial charge is 0.382 e. The Bertz CT molecular complexity index is 527. The van der Waals surface area contributed by atoms with Crippen molar-refractivity contribution in [2.45, 2.75) is 32.2 Å². The number of amides is 2. The monoisotopic (exact) mass is 311 g/mol. The summed E-state index contributed by atoms with van der Waals surface area (Å²) in [4.78, 5) is 29.9. The summed E-state index contributed by atoms with van der Waals surface area (Å²) < 4.78 is 0. The number of hydrogen-bond donors (Lipinski definition) is 3. The molecule has 116 valence electrons. The second kappa shape index (κ2) is 6.75. The van der Waals surface area contributed by atoms with Crippen LogP contribution in [0.2, 0.25) is 0 Å². The maximum Gasteiger partial charge on any atom is 0.268 e. The molecule has 2 amide bonds. The maximum atomic E-state index is 12.3. The molecule has 4 N–H and O–H groups in total. The number of anilines is 2. The Labute approximate surface area is 127 Å². The predicted molar refractivity (Wildman–Crippen MR) is 83.4 cm³/mol. The molecule has 1 aromatic rings. The van der Waals surface area contributed by atoms with E-state index in [9.17, 15) is 9.59 Å². The van der Waals surface area contributed by atoms with E-state index in [-0.39, 0.29) is 24.2 Å². The molecule has 0 atom stereocenters. The first-order valence-electron chi connectivity index (χ1n) is 7.06.